The van der Waals surface area contributed by atoms with Gasteiger partial charge in [-0.2, -0.15) is 0 Å². The van der Waals surface area contributed by atoms with Crippen molar-refractivity contribution in [1.29, 1.82) is 0 Å². The van der Waals surface area contributed by atoms with Crippen molar-refractivity contribution >= 4 is 50.8 Å². The molecule has 12 rings (SSSR count). The molecule has 1 aliphatic heterocycles. The molecule has 0 radical (unpaired) electrons. The third kappa shape index (κ3) is 5.09. The van der Waals surface area contributed by atoms with Gasteiger partial charge in [-0.1, -0.05) is 191 Å². The lowest BCUT2D eigenvalue weighted by Crippen LogP contribution is -2.49. The Balaban J connectivity index is 1.16. The predicted octanol–water partition coefficient (Wildman–Crippen LogP) is 14.9. The molecule has 0 atom stereocenters. The fourth-order valence-electron chi connectivity index (χ4n) is 10.9. The Labute approximate surface area is 353 Å². The minimum Gasteiger partial charge on any atom is -0.0623 e. The lowest BCUT2D eigenvalue weighted by Gasteiger charge is -2.24. The van der Waals surface area contributed by atoms with E-state index in [1.54, 1.807) is 0 Å². The second-order valence-corrected chi connectivity index (χ2v) is 22.4. The third-order valence-corrected chi connectivity index (χ3v) is 17.6. The minimum absolute atomic E-state index is 0.167. The van der Waals surface area contributed by atoms with Crippen LogP contribution in [0.4, 0.5) is 0 Å². The van der Waals surface area contributed by atoms with Crippen LogP contribution in [0.25, 0.3) is 99.1 Å². The lowest BCUT2D eigenvalue weighted by molar-refractivity contribution is 0.661. The highest BCUT2D eigenvalue weighted by molar-refractivity contribution is 7.04. The number of hydrogen-bond donors (Lipinski definition) is 0. The van der Waals surface area contributed by atoms with Gasteiger partial charge in [0, 0.05) is 5.41 Å². The van der Waals surface area contributed by atoms with E-state index in [-0.39, 0.29) is 5.41 Å². The number of benzene rings is 10. The highest BCUT2D eigenvalue weighted by Crippen LogP contribution is 2.53. The van der Waals surface area contributed by atoms with Gasteiger partial charge in [0.25, 0.3) is 0 Å². The normalized spacial score (nSPS) is 14.3. The van der Waals surface area contributed by atoms with Gasteiger partial charge in [0.05, 0.1) is 0 Å². The van der Waals surface area contributed by atoms with Crippen molar-refractivity contribution in [3.8, 4) is 66.8 Å². The maximum atomic E-state index is 2.61. The van der Waals surface area contributed by atoms with Crippen LogP contribution in [0.1, 0.15) is 25.0 Å². The second kappa shape index (κ2) is 12.8. The molecule has 1 heteroatoms. The molecular weight excluding hydrogens is 737 g/mol. The van der Waals surface area contributed by atoms with Crippen LogP contribution in [0.2, 0.25) is 13.1 Å². The summed E-state index contributed by atoms with van der Waals surface area (Å²) in [7, 11) is -1.98. The molecule has 0 spiro atoms. The van der Waals surface area contributed by atoms with Gasteiger partial charge in [-0.15, -0.1) is 0 Å². The van der Waals surface area contributed by atoms with Crippen molar-refractivity contribution in [2.45, 2.75) is 32.4 Å². The van der Waals surface area contributed by atoms with Gasteiger partial charge in [-0.05, 0) is 151 Å². The van der Waals surface area contributed by atoms with Crippen molar-refractivity contribution in [3.63, 3.8) is 0 Å². The zero-order chi connectivity index (χ0) is 40.3. The molecule has 0 bridgehead atoms. The van der Waals surface area contributed by atoms with Gasteiger partial charge in [0.15, 0.2) is 0 Å². The van der Waals surface area contributed by atoms with E-state index >= 15 is 0 Å². The van der Waals surface area contributed by atoms with Crippen LogP contribution in [0.15, 0.2) is 194 Å². The van der Waals surface area contributed by atoms with Gasteiger partial charge in [0.2, 0.25) is 0 Å². The van der Waals surface area contributed by atoms with Gasteiger partial charge in [0.1, 0.15) is 8.07 Å². The van der Waals surface area contributed by atoms with Crippen LogP contribution < -0.4 is 10.4 Å². The highest BCUT2D eigenvalue weighted by atomic mass is 28.3. The summed E-state index contributed by atoms with van der Waals surface area (Å²) < 4.78 is 0. The SMILES string of the molecule is CC1(C)c2cc(-c3ccccc3)ccc2-c2ccc(-c3c4ccc(-c5ccc6ccccc6c5)cc4c(-c4ccccc4)c4cc5c(cc34)-c3ccccc3[Si]5(C)C)cc21. The Morgan fingerprint density at radius 2 is 0.850 bits per heavy atom. The molecule has 1 aliphatic carbocycles. The van der Waals surface area contributed by atoms with Gasteiger partial charge < -0.3 is 0 Å². The first-order chi connectivity index (χ1) is 29.3. The number of hydrogen-bond acceptors (Lipinski definition) is 0. The fraction of sp³-hybridized carbons (Fsp3) is 0.0847. The molecule has 60 heavy (non-hydrogen) atoms. The average Bonchev–Trinajstić information content (AvgIpc) is 3.65. The van der Waals surface area contributed by atoms with Gasteiger partial charge >= 0.3 is 0 Å². The summed E-state index contributed by atoms with van der Waals surface area (Å²) in [5.41, 5.74) is 18.3. The molecule has 10 aromatic rings. The molecular formula is C59H44Si. The maximum Gasteiger partial charge on any atom is 0.113 e. The fourth-order valence-corrected chi connectivity index (χ4v) is 14.0. The van der Waals surface area contributed by atoms with E-state index in [1.807, 2.05) is 0 Å². The van der Waals surface area contributed by atoms with E-state index < -0.39 is 8.07 Å². The van der Waals surface area contributed by atoms with E-state index in [4.69, 9.17) is 0 Å². The lowest BCUT2D eigenvalue weighted by atomic mass is 9.79. The zero-order valence-electron chi connectivity index (χ0n) is 34.5. The first-order valence-electron chi connectivity index (χ1n) is 21.3. The molecule has 0 amide bonds. The Morgan fingerprint density at radius 1 is 0.317 bits per heavy atom. The van der Waals surface area contributed by atoms with E-state index in [1.165, 1.54) is 121 Å². The van der Waals surface area contributed by atoms with Crippen LogP contribution in [0.5, 0.6) is 0 Å². The third-order valence-electron chi connectivity index (χ3n) is 14.0. The summed E-state index contributed by atoms with van der Waals surface area (Å²) >= 11 is 0. The van der Waals surface area contributed by atoms with Crippen LogP contribution >= 0.6 is 0 Å². The number of fused-ring (bicyclic) bond motifs is 9. The summed E-state index contributed by atoms with van der Waals surface area (Å²) in [6.45, 7) is 9.90. The van der Waals surface area contributed by atoms with E-state index in [9.17, 15) is 0 Å². The van der Waals surface area contributed by atoms with Crippen molar-refractivity contribution in [3.05, 3.63) is 205 Å². The number of rotatable bonds is 4. The minimum atomic E-state index is -1.98. The first-order valence-corrected chi connectivity index (χ1v) is 24.3. The van der Waals surface area contributed by atoms with Crippen molar-refractivity contribution in [2.75, 3.05) is 0 Å². The van der Waals surface area contributed by atoms with E-state index in [2.05, 4.69) is 221 Å². The monoisotopic (exact) mass is 780 g/mol. The molecule has 0 nitrogen and oxygen atoms in total. The average molecular weight is 781 g/mol. The Hall–Kier alpha value is -6.80. The Bertz CT molecular complexity index is 3410. The summed E-state index contributed by atoms with van der Waals surface area (Å²) in [5.74, 6) is 0. The molecule has 0 aromatic heterocycles. The largest absolute Gasteiger partial charge is 0.113 e. The quantitative estimate of drug-likeness (QED) is 0.123. The molecule has 0 saturated carbocycles. The summed E-state index contributed by atoms with van der Waals surface area (Å²) in [6, 6.07) is 73.6. The van der Waals surface area contributed by atoms with E-state index in [0.29, 0.717) is 0 Å². The topological polar surface area (TPSA) is 0 Å². The predicted molar refractivity (Wildman–Crippen MR) is 260 cm³/mol. The molecule has 0 fully saturated rings. The van der Waals surface area contributed by atoms with Crippen LogP contribution in [-0.2, 0) is 5.41 Å². The zero-order valence-corrected chi connectivity index (χ0v) is 35.5. The van der Waals surface area contributed by atoms with Crippen LogP contribution in [-0.4, -0.2) is 8.07 Å². The van der Waals surface area contributed by atoms with Gasteiger partial charge in [-0.25, -0.2) is 0 Å². The van der Waals surface area contributed by atoms with Crippen molar-refractivity contribution < 1.29 is 0 Å². The summed E-state index contributed by atoms with van der Waals surface area (Å²) in [4.78, 5) is 0. The highest BCUT2D eigenvalue weighted by Gasteiger charge is 2.39. The molecule has 1 heterocycles. The first kappa shape index (κ1) is 35.2. The van der Waals surface area contributed by atoms with E-state index in [0.717, 1.165) is 0 Å². The standard InChI is InChI=1S/C59H44Si/c1-59(2)53-33-43(37-15-7-5-8-16-37)25-28-45(53)46-29-27-44(34-54(46)59)58-48-30-26-42(41-24-23-38-17-11-12-20-40(38)31-41)32-50(48)57(39-18-9-6-10-19-39)52-36-56-49(35-51(52)58)47-21-13-14-22-55(47)60(56,3)4/h5-36H,1-4H3. The molecule has 10 aromatic carbocycles. The molecule has 284 valence electrons. The molecule has 0 N–H and O–H groups in total. The van der Waals surface area contributed by atoms with Crippen molar-refractivity contribution in [2.24, 2.45) is 0 Å². The van der Waals surface area contributed by atoms with Crippen molar-refractivity contribution in [1.82, 2.24) is 0 Å². The molecule has 0 unspecified atom stereocenters. The Morgan fingerprint density at radius 3 is 1.62 bits per heavy atom. The summed E-state index contributed by atoms with van der Waals surface area (Å²) in [5, 5.41) is 10.8. The smallest absolute Gasteiger partial charge is 0.0623 e. The second-order valence-electron chi connectivity index (χ2n) is 18.1. The maximum absolute atomic E-state index is 2.61. The van der Waals surface area contributed by atoms with Gasteiger partial charge in [-0.3, -0.25) is 0 Å². The Kier molecular flexibility index (Phi) is 7.53. The van der Waals surface area contributed by atoms with Crippen LogP contribution in [0, 0.1) is 0 Å². The van der Waals surface area contributed by atoms with Crippen LogP contribution in [0.3, 0.4) is 0 Å². The molecule has 0 saturated heterocycles. The molecule has 2 aliphatic rings. The summed E-state index contributed by atoms with van der Waals surface area (Å²) in [6.07, 6.45) is 0.